The van der Waals surface area contributed by atoms with Crippen molar-refractivity contribution in [3.63, 3.8) is 0 Å². The predicted octanol–water partition coefficient (Wildman–Crippen LogP) is 4.13. The van der Waals surface area contributed by atoms with E-state index in [4.69, 9.17) is 10.8 Å². The molecule has 41 heavy (non-hydrogen) atoms. The zero-order valence-corrected chi connectivity index (χ0v) is 23.8. The number of hydrogen-bond acceptors (Lipinski definition) is 6. The van der Waals surface area contributed by atoms with Gasteiger partial charge in [-0.3, -0.25) is 14.4 Å². The first-order valence-corrected chi connectivity index (χ1v) is 13.7. The molecule has 0 unspecified atom stereocenters. The van der Waals surface area contributed by atoms with Gasteiger partial charge in [0.2, 0.25) is 12.3 Å². The first-order chi connectivity index (χ1) is 19.5. The zero-order chi connectivity index (χ0) is 31.4. The number of nitrogens with one attached hydrogen (secondary N) is 2. The molecule has 1 heterocycles. The lowest BCUT2D eigenvalue weighted by molar-refractivity contribution is -0.135. The molecule has 0 bridgehead atoms. The number of terminal acetylenes is 1. The summed E-state index contributed by atoms with van der Waals surface area (Å²) < 4.78 is 52.7. The van der Waals surface area contributed by atoms with Crippen LogP contribution >= 0.6 is 11.8 Å². The maximum Gasteiger partial charge on any atom is 0.322 e. The zero-order valence-electron chi connectivity index (χ0n) is 23.0. The summed E-state index contributed by atoms with van der Waals surface area (Å²) in [4.78, 5) is 33.8. The van der Waals surface area contributed by atoms with Crippen LogP contribution in [0.2, 0.25) is 0 Å². The number of carboxylic acid groups (broad SMARTS) is 1. The first kappa shape index (κ1) is 37.2. The maximum atomic E-state index is 13.5. The minimum Gasteiger partial charge on any atom is -0.480 e. The summed E-state index contributed by atoms with van der Waals surface area (Å²) >= 11 is 1.66. The Balaban J connectivity index is 0.000000687. The summed E-state index contributed by atoms with van der Waals surface area (Å²) in [6.07, 6.45) is 9.84. The van der Waals surface area contributed by atoms with E-state index in [9.17, 15) is 31.9 Å². The molecular formula is C28H36F4N4O4S. The largest absolute Gasteiger partial charge is 0.480 e. The van der Waals surface area contributed by atoms with E-state index in [1.165, 1.54) is 18.6 Å². The predicted molar refractivity (Wildman–Crippen MR) is 153 cm³/mol. The van der Waals surface area contributed by atoms with Crippen LogP contribution in [-0.2, 0) is 27.3 Å². The second-order valence-electron chi connectivity index (χ2n) is 8.49. The highest BCUT2D eigenvalue weighted by atomic mass is 32.2. The molecule has 1 saturated heterocycles. The number of hydrogen-bond donors (Lipinski definition) is 4. The molecule has 0 aliphatic carbocycles. The summed E-state index contributed by atoms with van der Waals surface area (Å²) in [5.41, 5.74) is 6.50. The van der Waals surface area contributed by atoms with Gasteiger partial charge in [0.25, 0.3) is 0 Å². The SMILES string of the molecule is C#C.CCC.N[C@@H](CC(=O)N1CCSC1)Cc1cc(F)c(F)cc1F.O=CNCc1ccc(NCC(=O)O)c(F)c1. The Morgan fingerprint density at radius 1 is 1.10 bits per heavy atom. The maximum absolute atomic E-state index is 13.5. The van der Waals surface area contributed by atoms with E-state index in [-0.39, 0.29) is 43.1 Å². The van der Waals surface area contributed by atoms with Crippen molar-refractivity contribution in [3.8, 4) is 12.8 Å². The van der Waals surface area contributed by atoms with E-state index in [0.29, 0.717) is 30.5 Å². The molecule has 0 radical (unpaired) electrons. The Bertz CT molecular complexity index is 1130. The summed E-state index contributed by atoms with van der Waals surface area (Å²) in [5, 5.41) is 13.2. The highest BCUT2D eigenvalue weighted by molar-refractivity contribution is 7.99. The Hall–Kier alpha value is -3.76. The van der Waals surface area contributed by atoms with Crippen LogP contribution < -0.4 is 16.4 Å². The minimum absolute atomic E-state index is 0.00421. The highest BCUT2D eigenvalue weighted by Gasteiger charge is 2.21. The standard InChI is InChI=1S/C13H15F3N2OS.C10H11FN2O3.C3H8.C2H2/c14-10-6-12(16)11(15)4-8(10)3-9(17)5-13(19)18-1-2-20-7-18;11-8-3-7(4-12-6-14)1-2-9(8)13-5-10(15)16;1-3-2;1-2/h4,6,9H,1-3,5,7,17H2;1-3,6,13H,4-5H2,(H,12,14)(H,15,16);3H2,1-2H3;1-2H/t9-;;;/m1.../s1. The Labute approximate surface area is 242 Å². The Kier molecular flexibility index (Phi) is 19.1. The summed E-state index contributed by atoms with van der Waals surface area (Å²) in [6, 6.07) is 4.94. The number of aliphatic carboxylic acids is 1. The van der Waals surface area contributed by atoms with Gasteiger partial charge in [-0.1, -0.05) is 26.3 Å². The van der Waals surface area contributed by atoms with E-state index in [1.54, 1.807) is 22.7 Å². The van der Waals surface area contributed by atoms with Crippen LogP contribution in [0, 0.1) is 36.1 Å². The van der Waals surface area contributed by atoms with E-state index in [0.717, 1.165) is 11.8 Å². The molecule has 1 aliphatic heterocycles. The van der Waals surface area contributed by atoms with Gasteiger partial charge in [-0.15, -0.1) is 24.6 Å². The fourth-order valence-corrected chi connectivity index (χ4v) is 4.15. The van der Waals surface area contributed by atoms with Crippen LogP contribution in [0.25, 0.3) is 0 Å². The summed E-state index contributed by atoms with van der Waals surface area (Å²) in [6.45, 7) is 4.83. The van der Waals surface area contributed by atoms with E-state index < -0.39 is 35.3 Å². The van der Waals surface area contributed by atoms with Crippen molar-refractivity contribution in [2.24, 2.45) is 5.73 Å². The fourth-order valence-electron chi connectivity index (χ4n) is 3.18. The van der Waals surface area contributed by atoms with Gasteiger partial charge in [0, 0.05) is 37.4 Å². The quantitative estimate of drug-likeness (QED) is 0.140. The van der Waals surface area contributed by atoms with Gasteiger partial charge in [0.15, 0.2) is 11.6 Å². The molecule has 2 aromatic carbocycles. The monoisotopic (exact) mass is 600 g/mol. The lowest BCUT2D eigenvalue weighted by Gasteiger charge is -2.18. The van der Waals surface area contributed by atoms with Crippen LogP contribution in [-0.4, -0.2) is 59.1 Å². The number of amides is 2. The van der Waals surface area contributed by atoms with Gasteiger partial charge in [0.05, 0.1) is 11.6 Å². The minimum atomic E-state index is -1.23. The third-order valence-corrected chi connectivity index (χ3v) is 5.93. The molecule has 2 aromatic rings. The molecule has 0 saturated carbocycles. The number of rotatable bonds is 10. The second kappa shape index (κ2) is 21.0. The molecular weight excluding hydrogens is 564 g/mol. The third kappa shape index (κ3) is 15.0. The number of carboxylic acids is 1. The van der Waals surface area contributed by atoms with E-state index >= 15 is 0 Å². The number of nitrogens with zero attached hydrogens (tertiary/aromatic N) is 1. The van der Waals surface area contributed by atoms with Crippen LogP contribution in [0.5, 0.6) is 0 Å². The molecule has 1 fully saturated rings. The lowest BCUT2D eigenvalue weighted by Crippen LogP contribution is -2.35. The van der Waals surface area contributed by atoms with Crippen LogP contribution in [0.1, 0.15) is 37.8 Å². The second-order valence-corrected chi connectivity index (χ2v) is 9.56. The van der Waals surface area contributed by atoms with Gasteiger partial charge in [0.1, 0.15) is 18.2 Å². The molecule has 1 atom stereocenters. The third-order valence-electron chi connectivity index (χ3n) is 4.97. The van der Waals surface area contributed by atoms with Gasteiger partial charge in [-0.05, 0) is 35.7 Å². The number of thioether (sulfide) groups is 1. The van der Waals surface area contributed by atoms with Crippen molar-refractivity contribution >= 4 is 35.7 Å². The smallest absolute Gasteiger partial charge is 0.322 e. The van der Waals surface area contributed by atoms with Crippen molar-refractivity contribution in [2.75, 3.05) is 30.0 Å². The van der Waals surface area contributed by atoms with Crippen molar-refractivity contribution in [1.29, 1.82) is 0 Å². The van der Waals surface area contributed by atoms with Gasteiger partial charge in [-0.2, -0.15) is 0 Å². The molecule has 13 heteroatoms. The Morgan fingerprint density at radius 3 is 2.27 bits per heavy atom. The van der Waals surface area contributed by atoms with Crippen LogP contribution in [0.15, 0.2) is 30.3 Å². The number of halogens is 4. The summed E-state index contributed by atoms with van der Waals surface area (Å²) in [5.74, 6) is -3.35. The molecule has 2 amide bonds. The number of benzene rings is 2. The van der Waals surface area contributed by atoms with Crippen molar-refractivity contribution in [1.82, 2.24) is 10.2 Å². The van der Waals surface area contributed by atoms with Gasteiger partial charge >= 0.3 is 5.97 Å². The number of carbonyl (C=O) groups is 3. The molecule has 3 rings (SSSR count). The van der Waals surface area contributed by atoms with Crippen LogP contribution in [0.3, 0.4) is 0 Å². The average Bonchev–Trinajstić information content (AvgIpc) is 3.47. The number of anilines is 1. The topological polar surface area (TPSA) is 125 Å². The van der Waals surface area contributed by atoms with E-state index in [2.05, 4.69) is 37.3 Å². The van der Waals surface area contributed by atoms with Crippen molar-refractivity contribution < 1.29 is 37.1 Å². The number of nitrogens with two attached hydrogens (primary N) is 1. The molecule has 8 nitrogen and oxygen atoms in total. The molecule has 5 N–H and O–H groups in total. The van der Waals surface area contributed by atoms with Gasteiger partial charge < -0.3 is 26.4 Å². The van der Waals surface area contributed by atoms with Crippen LogP contribution in [0.4, 0.5) is 23.2 Å². The van der Waals surface area contributed by atoms with Crippen molar-refractivity contribution in [2.45, 2.75) is 45.7 Å². The fraction of sp³-hybridized carbons (Fsp3) is 0.393. The molecule has 0 aromatic heterocycles. The van der Waals surface area contributed by atoms with Crippen molar-refractivity contribution in [3.05, 3.63) is 64.7 Å². The van der Waals surface area contributed by atoms with Gasteiger partial charge in [-0.25, -0.2) is 17.6 Å². The lowest BCUT2D eigenvalue weighted by atomic mass is 10.0. The average molecular weight is 601 g/mol. The first-order valence-electron chi connectivity index (χ1n) is 12.5. The highest BCUT2D eigenvalue weighted by Crippen LogP contribution is 2.18. The molecule has 1 aliphatic rings. The molecule has 226 valence electrons. The Morgan fingerprint density at radius 2 is 1.73 bits per heavy atom. The normalized spacial score (nSPS) is 12.3. The molecule has 0 spiro atoms. The number of carbonyl (C=O) groups excluding carboxylic acids is 2. The summed E-state index contributed by atoms with van der Waals surface area (Å²) in [7, 11) is 0. The van der Waals surface area contributed by atoms with E-state index in [1.807, 2.05) is 0 Å².